The fourth-order valence-corrected chi connectivity index (χ4v) is 2.61. The van der Waals surface area contributed by atoms with Crippen LogP contribution in [0.2, 0.25) is 5.02 Å². The Hall–Kier alpha value is -2.20. The maximum absolute atomic E-state index is 12.6. The van der Waals surface area contributed by atoms with Gasteiger partial charge >= 0.3 is 6.09 Å². The number of benzene rings is 2. The van der Waals surface area contributed by atoms with E-state index in [0.29, 0.717) is 24.5 Å². The van der Waals surface area contributed by atoms with Crippen molar-refractivity contribution in [2.75, 3.05) is 6.54 Å². The largest absolute Gasteiger partial charge is 0.508 e. The zero-order chi connectivity index (χ0) is 18.4. The average Bonchev–Trinajstić information content (AvgIpc) is 2.50. The van der Waals surface area contributed by atoms with Crippen molar-refractivity contribution in [3.63, 3.8) is 0 Å². The number of phenolic OH excluding ortho intramolecular Hbond substituents is 1. The Morgan fingerprint density at radius 2 is 1.80 bits per heavy atom. The zero-order valence-corrected chi connectivity index (χ0v) is 15.6. The van der Waals surface area contributed by atoms with Crippen LogP contribution in [0.15, 0.2) is 48.5 Å². The molecule has 0 fully saturated rings. The Morgan fingerprint density at radius 1 is 1.12 bits per heavy atom. The van der Waals surface area contributed by atoms with Gasteiger partial charge in [-0.05, 0) is 62.6 Å². The van der Waals surface area contributed by atoms with Crippen LogP contribution in [-0.2, 0) is 17.7 Å². The number of carbonyl (C=O) groups excluding carboxylic acids is 1. The average molecular weight is 362 g/mol. The number of rotatable bonds is 5. The molecule has 2 aromatic carbocycles. The van der Waals surface area contributed by atoms with Gasteiger partial charge in [0, 0.05) is 18.1 Å². The second-order valence-electron chi connectivity index (χ2n) is 6.95. The Kier molecular flexibility index (Phi) is 6.32. The fourth-order valence-electron chi connectivity index (χ4n) is 2.39. The third-order valence-electron chi connectivity index (χ3n) is 3.50. The molecule has 0 saturated carbocycles. The number of nitrogens with zero attached hydrogens (tertiary/aromatic N) is 1. The normalized spacial score (nSPS) is 11.2. The first kappa shape index (κ1) is 19.1. The van der Waals surface area contributed by atoms with E-state index in [2.05, 4.69) is 0 Å². The van der Waals surface area contributed by atoms with Gasteiger partial charge < -0.3 is 14.7 Å². The van der Waals surface area contributed by atoms with Crippen molar-refractivity contribution in [1.82, 2.24) is 4.90 Å². The number of phenols is 1. The number of ether oxygens (including phenoxy) is 1. The zero-order valence-electron chi connectivity index (χ0n) is 14.8. The second-order valence-corrected chi connectivity index (χ2v) is 7.39. The molecule has 1 N–H and O–H groups in total. The number of aromatic hydroxyl groups is 1. The quantitative estimate of drug-likeness (QED) is 0.812. The van der Waals surface area contributed by atoms with E-state index in [-0.39, 0.29) is 11.8 Å². The molecule has 0 atom stereocenters. The molecule has 2 aromatic rings. The lowest BCUT2D eigenvalue weighted by molar-refractivity contribution is 0.0235. The van der Waals surface area contributed by atoms with Gasteiger partial charge in [-0.3, -0.25) is 0 Å². The maximum atomic E-state index is 12.6. The van der Waals surface area contributed by atoms with Crippen LogP contribution >= 0.6 is 11.6 Å². The topological polar surface area (TPSA) is 49.8 Å². The monoisotopic (exact) mass is 361 g/mol. The molecule has 0 saturated heterocycles. The minimum atomic E-state index is -0.565. The fraction of sp³-hybridized carbons (Fsp3) is 0.350. The third kappa shape index (κ3) is 6.67. The summed E-state index contributed by atoms with van der Waals surface area (Å²) in [6, 6.07) is 14.5. The Labute approximate surface area is 154 Å². The highest BCUT2D eigenvalue weighted by molar-refractivity contribution is 6.30. The van der Waals surface area contributed by atoms with Crippen LogP contribution in [0.25, 0.3) is 0 Å². The first-order valence-corrected chi connectivity index (χ1v) is 8.61. The lowest BCUT2D eigenvalue weighted by atomic mass is 10.1. The summed E-state index contributed by atoms with van der Waals surface area (Å²) in [4.78, 5) is 14.2. The molecular formula is C20H24ClNO3. The van der Waals surface area contributed by atoms with Gasteiger partial charge in [0.2, 0.25) is 0 Å². The molecule has 0 heterocycles. The van der Waals surface area contributed by atoms with Crippen LogP contribution in [0.1, 0.15) is 31.9 Å². The summed E-state index contributed by atoms with van der Waals surface area (Å²) in [5.41, 5.74) is 1.33. The third-order valence-corrected chi connectivity index (χ3v) is 3.73. The van der Waals surface area contributed by atoms with Crippen LogP contribution in [0.3, 0.4) is 0 Å². The van der Waals surface area contributed by atoms with E-state index in [4.69, 9.17) is 16.3 Å². The van der Waals surface area contributed by atoms with E-state index in [1.54, 1.807) is 23.1 Å². The minimum Gasteiger partial charge on any atom is -0.508 e. The number of amides is 1. The molecule has 0 radical (unpaired) electrons. The molecule has 25 heavy (non-hydrogen) atoms. The van der Waals surface area contributed by atoms with Gasteiger partial charge in [0.05, 0.1) is 0 Å². The van der Waals surface area contributed by atoms with Crippen molar-refractivity contribution in [3.8, 4) is 5.75 Å². The van der Waals surface area contributed by atoms with E-state index in [0.717, 1.165) is 11.1 Å². The van der Waals surface area contributed by atoms with Gasteiger partial charge in [0.25, 0.3) is 0 Å². The summed E-state index contributed by atoms with van der Waals surface area (Å²) in [6.45, 7) is 6.38. The van der Waals surface area contributed by atoms with Gasteiger partial charge in [-0.15, -0.1) is 0 Å². The highest BCUT2D eigenvalue weighted by Gasteiger charge is 2.22. The summed E-state index contributed by atoms with van der Waals surface area (Å²) in [6.07, 6.45) is 0.288. The molecule has 1 amide bonds. The predicted octanol–water partition coefficient (Wildman–Crippen LogP) is 5.03. The van der Waals surface area contributed by atoms with Gasteiger partial charge in [0.15, 0.2) is 0 Å². The van der Waals surface area contributed by atoms with Crippen LogP contribution in [0.5, 0.6) is 5.75 Å². The first-order valence-electron chi connectivity index (χ1n) is 8.23. The molecule has 0 unspecified atom stereocenters. The van der Waals surface area contributed by atoms with Gasteiger partial charge in [-0.2, -0.15) is 0 Å². The number of hydrogen-bond donors (Lipinski definition) is 1. The molecule has 0 bridgehead atoms. The molecule has 0 aliphatic rings. The number of halogens is 1. The number of carbonyl (C=O) groups is 1. The van der Waals surface area contributed by atoms with Crippen molar-refractivity contribution >= 4 is 17.7 Å². The minimum absolute atomic E-state index is 0.177. The SMILES string of the molecule is CC(C)(C)OC(=O)N(CCc1cccc(Cl)c1)Cc1cccc(O)c1. The van der Waals surface area contributed by atoms with E-state index in [9.17, 15) is 9.90 Å². The molecule has 0 spiro atoms. The lowest BCUT2D eigenvalue weighted by Gasteiger charge is -2.27. The van der Waals surface area contributed by atoms with Crippen LogP contribution in [0, 0.1) is 0 Å². The summed E-state index contributed by atoms with van der Waals surface area (Å²) in [5.74, 6) is 0.177. The predicted molar refractivity (Wildman–Crippen MR) is 99.9 cm³/mol. The molecular weight excluding hydrogens is 338 g/mol. The van der Waals surface area contributed by atoms with Gasteiger partial charge in [-0.25, -0.2) is 4.79 Å². The molecule has 0 aliphatic heterocycles. The Morgan fingerprint density at radius 3 is 2.44 bits per heavy atom. The summed E-state index contributed by atoms with van der Waals surface area (Å²) < 4.78 is 5.51. The van der Waals surface area contributed by atoms with Gasteiger partial charge in [-0.1, -0.05) is 35.9 Å². The van der Waals surface area contributed by atoms with E-state index in [1.807, 2.05) is 51.1 Å². The molecule has 0 aromatic heterocycles. The molecule has 4 nitrogen and oxygen atoms in total. The summed E-state index contributed by atoms with van der Waals surface area (Å²) >= 11 is 6.02. The highest BCUT2D eigenvalue weighted by Crippen LogP contribution is 2.17. The van der Waals surface area contributed by atoms with Crippen molar-refractivity contribution in [2.45, 2.75) is 39.3 Å². The van der Waals surface area contributed by atoms with Crippen LogP contribution in [-0.4, -0.2) is 28.2 Å². The van der Waals surface area contributed by atoms with E-state index < -0.39 is 5.60 Å². The second kappa shape index (κ2) is 8.26. The summed E-state index contributed by atoms with van der Waals surface area (Å²) in [5, 5.41) is 10.3. The maximum Gasteiger partial charge on any atom is 0.410 e. The lowest BCUT2D eigenvalue weighted by Crippen LogP contribution is -2.37. The van der Waals surface area contributed by atoms with Crippen LogP contribution < -0.4 is 0 Å². The number of hydrogen-bond acceptors (Lipinski definition) is 3. The Bertz CT molecular complexity index is 725. The standard InChI is InChI=1S/C20H24ClNO3/c1-20(2,3)25-19(24)22(14-16-7-5-9-18(23)13-16)11-10-15-6-4-8-17(21)12-15/h4-9,12-13,23H,10-11,14H2,1-3H3. The van der Waals surface area contributed by atoms with E-state index in [1.165, 1.54) is 0 Å². The smallest absolute Gasteiger partial charge is 0.410 e. The molecule has 134 valence electrons. The summed E-state index contributed by atoms with van der Waals surface area (Å²) in [7, 11) is 0. The van der Waals surface area contributed by atoms with Crippen molar-refractivity contribution in [1.29, 1.82) is 0 Å². The van der Waals surface area contributed by atoms with Gasteiger partial charge in [0.1, 0.15) is 11.4 Å². The first-order chi connectivity index (χ1) is 11.7. The molecule has 5 heteroatoms. The highest BCUT2D eigenvalue weighted by atomic mass is 35.5. The Balaban J connectivity index is 2.11. The van der Waals surface area contributed by atoms with Crippen molar-refractivity contribution in [2.24, 2.45) is 0 Å². The van der Waals surface area contributed by atoms with E-state index >= 15 is 0 Å². The molecule has 0 aliphatic carbocycles. The van der Waals surface area contributed by atoms with Crippen molar-refractivity contribution < 1.29 is 14.6 Å². The van der Waals surface area contributed by atoms with Crippen LogP contribution in [0.4, 0.5) is 4.79 Å². The molecule has 2 rings (SSSR count). The van der Waals surface area contributed by atoms with Crippen molar-refractivity contribution in [3.05, 3.63) is 64.7 Å².